The zero-order valence-electron chi connectivity index (χ0n) is 9.70. The Bertz CT molecular complexity index is 617. The third kappa shape index (κ3) is 2.78. The fraction of sp³-hybridized carbons (Fsp3) is 0.167. The van der Waals surface area contributed by atoms with E-state index in [0.29, 0.717) is 5.02 Å². The van der Waals surface area contributed by atoms with E-state index in [-0.39, 0.29) is 11.3 Å². The van der Waals surface area contributed by atoms with E-state index in [1.165, 1.54) is 31.2 Å². The summed E-state index contributed by atoms with van der Waals surface area (Å²) >= 11 is 5.68. The maximum Gasteiger partial charge on any atom is 0.435 e. The number of hydrogen-bond donors (Lipinski definition) is 0. The van der Waals surface area contributed by atoms with E-state index >= 15 is 0 Å². The maximum atomic E-state index is 12.5. The van der Waals surface area contributed by atoms with E-state index in [1.807, 2.05) is 0 Å². The van der Waals surface area contributed by atoms with Gasteiger partial charge in [-0.05, 0) is 37.3 Å². The van der Waals surface area contributed by atoms with E-state index in [4.69, 9.17) is 11.6 Å². The Hall–Kier alpha value is -1.82. The van der Waals surface area contributed by atoms with E-state index in [2.05, 4.69) is 5.10 Å². The molecule has 19 heavy (non-hydrogen) atoms. The molecule has 2 rings (SSSR count). The van der Waals surface area contributed by atoms with Crippen LogP contribution in [0, 0.1) is 6.92 Å². The first-order chi connectivity index (χ1) is 8.79. The van der Waals surface area contributed by atoms with Crippen LogP contribution in [0.4, 0.5) is 13.2 Å². The highest BCUT2D eigenvalue weighted by Gasteiger charge is 2.35. The molecule has 0 atom stereocenters. The van der Waals surface area contributed by atoms with Crippen molar-refractivity contribution >= 4 is 17.5 Å². The van der Waals surface area contributed by atoms with E-state index in [9.17, 15) is 18.0 Å². The van der Waals surface area contributed by atoms with E-state index in [1.54, 1.807) is 0 Å². The molecule has 0 saturated carbocycles. The van der Waals surface area contributed by atoms with Gasteiger partial charge >= 0.3 is 6.18 Å². The molecule has 0 bridgehead atoms. The lowest BCUT2D eigenvalue weighted by Crippen LogP contribution is -2.16. The van der Waals surface area contributed by atoms with Gasteiger partial charge in [-0.25, -0.2) is 4.68 Å². The minimum Gasteiger partial charge on any atom is -0.267 e. The molecule has 2 aromatic rings. The van der Waals surface area contributed by atoms with Crippen molar-refractivity contribution < 1.29 is 18.0 Å². The summed E-state index contributed by atoms with van der Waals surface area (Å²) in [5.74, 6) is -0.635. The van der Waals surface area contributed by atoms with Crippen LogP contribution >= 0.6 is 11.6 Å². The number of aromatic nitrogens is 2. The molecule has 1 aromatic carbocycles. The summed E-state index contributed by atoms with van der Waals surface area (Å²) in [5.41, 5.74) is -0.760. The van der Waals surface area contributed by atoms with Crippen molar-refractivity contribution in [1.82, 2.24) is 9.78 Å². The van der Waals surface area contributed by atoms with Crippen LogP contribution < -0.4 is 0 Å². The molecule has 0 aliphatic heterocycles. The Kier molecular flexibility index (Phi) is 3.36. The smallest absolute Gasteiger partial charge is 0.267 e. The SMILES string of the molecule is Cc1cc(C(F)(F)F)nn1C(=O)c1ccc(Cl)cc1. The molecule has 0 amide bonds. The van der Waals surface area contributed by atoms with Crippen LogP contribution in [0.25, 0.3) is 0 Å². The number of carbonyl (C=O) groups is 1. The van der Waals surface area contributed by atoms with Crippen molar-refractivity contribution in [2.24, 2.45) is 0 Å². The predicted molar refractivity (Wildman–Crippen MR) is 63.1 cm³/mol. The Morgan fingerprint density at radius 3 is 2.32 bits per heavy atom. The van der Waals surface area contributed by atoms with Gasteiger partial charge in [0.2, 0.25) is 0 Å². The van der Waals surface area contributed by atoms with Crippen LogP contribution in [0.3, 0.4) is 0 Å². The largest absolute Gasteiger partial charge is 0.435 e. The zero-order valence-corrected chi connectivity index (χ0v) is 10.5. The number of nitrogens with zero attached hydrogens (tertiary/aromatic N) is 2. The first-order valence-corrected chi connectivity index (χ1v) is 5.61. The molecule has 3 nitrogen and oxygen atoms in total. The van der Waals surface area contributed by atoms with Gasteiger partial charge in [0.15, 0.2) is 5.69 Å². The summed E-state index contributed by atoms with van der Waals surface area (Å²) < 4.78 is 38.2. The van der Waals surface area contributed by atoms with Crippen molar-refractivity contribution in [2.75, 3.05) is 0 Å². The molecule has 100 valence electrons. The Balaban J connectivity index is 2.39. The van der Waals surface area contributed by atoms with Crippen LogP contribution in [-0.2, 0) is 6.18 Å². The summed E-state index contributed by atoms with van der Waals surface area (Å²) in [7, 11) is 0. The normalized spacial score (nSPS) is 11.6. The fourth-order valence-electron chi connectivity index (χ4n) is 1.53. The Morgan fingerprint density at radius 2 is 1.84 bits per heavy atom. The molecule has 0 spiro atoms. The van der Waals surface area contributed by atoms with Gasteiger partial charge in [-0.1, -0.05) is 11.6 Å². The second-order valence-corrected chi connectivity index (χ2v) is 4.33. The number of alkyl halides is 3. The first-order valence-electron chi connectivity index (χ1n) is 5.23. The van der Waals surface area contributed by atoms with Gasteiger partial charge in [-0.2, -0.15) is 18.3 Å². The van der Waals surface area contributed by atoms with Crippen molar-refractivity contribution in [1.29, 1.82) is 0 Å². The molecule has 7 heteroatoms. The van der Waals surface area contributed by atoms with Crippen molar-refractivity contribution in [3.8, 4) is 0 Å². The topological polar surface area (TPSA) is 34.9 Å². The van der Waals surface area contributed by atoms with Crippen LogP contribution in [0.15, 0.2) is 30.3 Å². The molecule has 0 fully saturated rings. The third-order valence-corrected chi connectivity index (χ3v) is 2.71. The van der Waals surface area contributed by atoms with Crippen molar-refractivity contribution in [3.63, 3.8) is 0 Å². The van der Waals surface area contributed by atoms with Crippen LogP contribution in [0.2, 0.25) is 5.02 Å². The van der Waals surface area contributed by atoms with Crippen LogP contribution in [0.5, 0.6) is 0 Å². The highest BCUT2D eigenvalue weighted by atomic mass is 35.5. The quantitative estimate of drug-likeness (QED) is 0.804. The first kappa shape index (κ1) is 13.6. The fourth-order valence-corrected chi connectivity index (χ4v) is 1.66. The Labute approximate surface area is 111 Å². The average Bonchev–Trinajstić information content (AvgIpc) is 2.71. The summed E-state index contributed by atoms with van der Waals surface area (Å²) in [6.07, 6.45) is -4.57. The van der Waals surface area contributed by atoms with Gasteiger partial charge in [0.05, 0.1) is 0 Å². The number of carbonyl (C=O) groups excluding carboxylic acids is 1. The van der Waals surface area contributed by atoms with Crippen LogP contribution in [0.1, 0.15) is 21.7 Å². The molecule has 0 N–H and O–H groups in total. The third-order valence-electron chi connectivity index (χ3n) is 2.46. The number of benzene rings is 1. The minimum atomic E-state index is -4.57. The lowest BCUT2D eigenvalue weighted by atomic mass is 10.2. The molecule has 0 aliphatic carbocycles. The number of halogens is 4. The second kappa shape index (κ2) is 4.70. The summed E-state index contributed by atoms with van der Waals surface area (Å²) in [6.45, 7) is 1.38. The molecule has 1 aromatic heterocycles. The lowest BCUT2D eigenvalue weighted by molar-refractivity contribution is -0.141. The van der Waals surface area contributed by atoms with Crippen molar-refractivity contribution in [3.05, 3.63) is 52.3 Å². The van der Waals surface area contributed by atoms with E-state index < -0.39 is 17.8 Å². The van der Waals surface area contributed by atoms with Gasteiger partial charge in [0.25, 0.3) is 5.91 Å². The van der Waals surface area contributed by atoms with Gasteiger partial charge in [-0.15, -0.1) is 0 Å². The lowest BCUT2D eigenvalue weighted by Gasteiger charge is -2.03. The molecular weight excluding hydrogens is 281 g/mol. The molecule has 0 radical (unpaired) electrons. The van der Waals surface area contributed by atoms with E-state index in [0.717, 1.165) is 10.7 Å². The van der Waals surface area contributed by atoms with Crippen LogP contribution in [-0.4, -0.2) is 15.7 Å². The van der Waals surface area contributed by atoms with Gasteiger partial charge < -0.3 is 0 Å². The van der Waals surface area contributed by atoms with Gasteiger partial charge in [-0.3, -0.25) is 4.79 Å². The van der Waals surface area contributed by atoms with Gasteiger partial charge in [0, 0.05) is 16.3 Å². The molecule has 0 saturated heterocycles. The summed E-state index contributed by atoms with van der Waals surface area (Å²) in [4.78, 5) is 12.0. The van der Waals surface area contributed by atoms with Gasteiger partial charge in [0.1, 0.15) is 0 Å². The molecule has 0 aliphatic rings. The summed E-state index contributed by atoms with van der Waals surface area (Å²) in [6, 6.07) is 6.66. The highest BCUT2D eigenvalue weighted by Crippen LogP contribution is 2.28. The predicted octanol–water partition coefficient (Wildman–Crippen LogP) is 3.55. The Morgan fingerprint density at radius 1 is 1.26 bits per heavy atom. The number of hydrogen-bond acceptors (Lipinski definition) is 2. The number of rotatable bonds is 1. The summed E-state index contributed by atoms with van der Waals surface area (Å²) in [5, 5.41) is 3.72. The maximum absolute atomic E-state index is 12.5. The second-order valence-electron chi connectivity index (χ2n) is 3.89. The molecule has 0 unspecified atom stereocenters. The standard InChI is InChI=1S/C12H8ClF3N2O/c1-7-6-10(12(14,15)16)17-18(7)11(19)8-2-4-9(13)5-3-8/h2-6H,1H3. The monoisotopic (exact) mass is 288 g/mol. The minimum absolute atomic E-state index is 0.118. The highest BCUT2D eigenvalue weighted by molar-refractivity contribution is 6.30. The number of aryl methyl sites for hydroxylation is 1. The van der Waals surface area contributed by atoms with Crippen molar-refractivity contribution in [2.45, 2.75) is 13.1 Å². The molecule has 1 heterocycles. The average molecular weight is 289 g/mol. The zero-order chi connectivity index (χ0) is 14.2. The molecular formula is C12H8ClF3N2O.